The van der Waals surface area contributed by atoms with Crippen molar-refractivity contribution in [2.24, 2.45) is 0 Å². The van der Waals surface area contributed by atoms with E-state index in [-0.39, 0.29) is 12.1 Å². The minimum Gasteiger partial charge on any atom is -0.488 e. The van der Waals surface area contributed by atoms with Crippen molar-refractivity contribution in [2.45, 2.75) is 51.0 Å². The first-order valence-electron chi connectivity index (χ1n) is 8.79. The van der Waals surface area contributed by atoms with E-state index in [1.807, 2.05) is 30.3 Å². The van der Waals surface area contributed by atoms with Crippen LogP contribution in [0, 0.1) is 6.92 Å². The maximum absolute atomic E-state index is 10.8. The van der Waals surface area contributed by atoms with E-state index in [9.17, 15) is 5.11 Å². The summed E-state index contributed by atoms with van der Waals surface area (Å²) < 4.78 is 6.04. The molecular formula is C21H27NO2. The summed E-state index contributed by atoms with van der Waals surface area (Å²) in [5.41, 5.74) is 2.56. The number of rotatable bonds is 5. The summed E-state index contributed by atoms with van der Waals surface area (Å²) in [4.78, 5) is 2.26. The molecule has 1 saturated carbocycles. The zero-order chi connectivity index (χ0) is 16.9. The highest BCUT2D eigenvalue weighted by Gasteiger charge is 2.35. The number of ether oxygens (including phenoxy) is 1. The first-order valence-corrected chi connectivity index (χ1v) is 8.79. The number of hydrogen-bond donors (Lipinski definition) is 1. The van der Waals surface area contributed by atoms with Crippen molar-refractivity contribution in [3.8, 4) is 5.75 Å². The molecule has 1 fully saturated rings. The second kappa shape index (κ2) is 7.82. The van der Waals surface area contributed by atoms with E-state index in [1.54, 1.807) is 0 Å². The molecule has 0 unspecified atom stereocenters. The van der Waals surface area contributed by atoms with Crippen LogP contribution in [0.5, 0.6) is 5.75 Å². The zero-order valence-electron chi connectivity index (χ0n) is 14.6. The molecule has 0 spiro atoms. The van der Waals surface area contributed by atoms with Gasteiger partial charge in [-0.3, -0.25) is 4.90 Å². The Kier molecular flexibility index (Phi) is 5.54. The Morgan fingerprint density at radius 2 is 1.88 bits per heavy atom. The van der Waals surface area contributed by atoms with Crippen LogP contribution in [0.2, 0.25) is 0 Å². The Labute approximate surface area is 144 Å². The molecule has 3 heteroatoms. The third-order valence-electron chi connectivity index (χ3n) is 4.87. The van der Waals surface area contributed by atoms with Crippen LogP contribution in [0.25, 0.3) is 0 Å². The number of likely N-dealkylation sites (N-methyl/N-ethyl adjacent to an activating group) is 1. The van der Waals surface area contributed by atoms with Gasteiger partial charge >= 0.3 is 0 Å². The van der Waals surface area contributed by atoms with Crippen LogP contribution in [0.1, 0.15) is 30.4 Å². The zero-order valence-corrected chi connectivity index (χ0v) is 14.6. The highest BCUT2D eigenvalue weighted by molar-refractivity contribution is 5.23. The Morgan fingerprint density at radius 3 is 2.62 bits per heavy atom. The smallest absolute Gasteiger partial charge is 0.126 e. The summed E-state index contributed by atoms with van der Waals surface area (Å²) >= 11 is 0. The van der Waals surface area contributed by atoms with Crippen LogP contribution >= 0.6 is 0 Å². The van der Waals surface area contributed by atoms with Gasteiger partial charge in [-0.15, -0.1) is 0 Å². The Bertz CT molecular complexity index is 643. The molecule has 0 amide bonds. The fourth-order valence-electron chi connectivity index (χ4n) is 3.62. The van der Waals surface area contributed by atoms with E-state index in [0.29, 0.717) is 0 Å². The maximum Gasteiger partial charge on any atom is 0.126 e. The van der Waals surface area contributed by atoms with Crippen LogP contribution in [-0.4, -0.2) is 35.3 Å². The Balaban J connectivity index is 1.64. The van der Waals surface area contributed by atoms with Gasteiger partial charge < -0.3 is 9.84 Å². The molecule has 0 bridgehead atoms. The van der Waals surface area contributed by atoms with Gasteiger partial charge in [0.2, 0.25) is 0 Å². The molecule has 2 aromatic rings. The molecule has 3 rings (SSSR count). The summed E-state index contributed by atoms with van der Waals surface area (Å²) in [6, 6.07) is 18.5. The summed E-state index contributed by atoms with van der Waals surface area (Å²) in [6.07, 6.45) is 2.40. The molecule has 24 heavy (non-hydrogen) atoms. The monoisotopic (exact) mass is 325 g/mol. The lowest BCUT2D eigenvalue weighted by atomic mass is 9.88. The van der Waals surface area contributed by atoms with Crippen molar-refractivity contribution >= 4 is 0 Å². The van der Waals surface area contributed by atoms with Gasteiger partial charge in [0.15, 0.2) is 0 Å². The summed E-state index contributed by atoms with van der Waals surface area (Å²) in [5, 5.41) is 10.8. The molecule has 0 aromatic heterocycles. The van der Waals surface area contributed by atoms with E-state index in [2.05, 4.69) is 43.1 Å². The van der Waals surface area contributed by atoms with Gasteiger partial charge in [0.25, 0.3) is 0 Å². The normalized spacial score (nSPS) is 24.1. The molecule has 2 aromatic carbocycles. The molecule has 0 heterocycles. The lowest BCUT2D eigenvalue weighted by Crippen LogP contribution is -2.51. The fraction of sp³-hybridized carbons (Fsp3) is 0.429. The first-order chi connectivity index (χ1) is 11.6. The van der Waals surface area contributed by atoms with Crippen molar-refractivity contribution in [2.75, 3.05) is 7.05 Å². The number of aryl methyl sites for hydroxylation is 1. The molecule has 128 valence electrons. The third kappa shape index (κ3) is 4.16. The van der Waals surface area contributed by atoms with Gasteiger partial charge in [-0.2, -0.15) is 0 Å². The minimum absolute atomic E-state index is 0.132. The van der Waals surface area contributed by atoms with Crippen LogP contribution in [-0.2, 0) is 6.54 Å². The highest BCUT2D eigenvalue weighted by Crippen LogP contribution is 2.27. The van der Waals surface area contributed by atoms with Crippen LogP contribution in [0.3, 0.4) is 0 Å². The molecular weight excluding hydrogens is 298 g/mol. The molecule has 1 aliphatic rings. The standard InChI is InChI=1S/C21H27NO2/c1-16-8-6-9-17(14-16)15-22(2)19-12-7-13-20(21(19)23)24-18-10-4-3-5-11-18/h3-6,8-11,14,19-21,23H,7,12-13,15H2,1-2H3/t19-,20+,21+/m1/s1. The van der Waals surface area contributed by atoms with Crippen LogP contribution in [0.4, 0.5) is 0 Å². The SMILES string of the molecule is Cc1cccc(CN(C)[C@@H]2CCC[C@H](Oc3ccccc3)[C@H]2O)c1. The van der Waals surface area contributed by atoms with E-state index in [4.69, 9.17) is 4.74 Å². The third-order valence-corrected chi connectivity index (χ3v) is 4.87. The second-order valence-electron chi connectivity index (χ2n) is 6.86. The molecule has 3 nitrogen and oxygen atoms in total. The Morgan fingerprint density at radius 1 is 1.08 bits per heavy atom. The number of hydrogen-bond acceptors (Lipinski definition) is 3. The number of benzene rings is 2. The van der Waals surface area contributed by atoms with Crippen molar-refractivity contribution < 1.29 is 9.84 Å². The van der Waals surface area contributed by atoms with Crippen LogP contribution < -0.4 is 4.74 Å². The van der Waals surface area contributed by atoms with E-state index < -0.39 is 6.10 Å². The molecule has 1 N–H and O–H groups in total. The summed E-state index contributed by atoms with van der Waals surface area (Å²) in [7, 11) is 2.10. The average Bonchev–Trinajstić information content (AvgIpc) is 2.57. The van der Waals surface area contributed by atoms with Gasteiger partial charge in [0.05, 0.1) is 0 Å². The van der Waals surface area contributed by atoms with E-state index in [1.165, 1.54) is 11.1 Å². The lowest BCUT2D eigenvalue weighted by molar-refractivity contribution is -0.0491. The van der Waals surface area contributed by atoms with Crippen molar-refractivity contribution in [1.29, 1.82) is 0 Å². The number of aliphatic hydroxyl groups excluding tert-OH is 1. The first kappa shape index (κ1) is 17.0. The highest BCUT2D eigenvalue weighted by atomic mass is 16.5. The number of nitrogens with zero attached hydrogens (tertiary/aromatic N) is 1. The quantitative estimate of drug-likeness (QED) is 0.908. The molecule has 3 atom stereocenters. The number of aliphatic hydroxyl groups is 1. The summed E-state index contributed by atoms with van der Waals surface area (Å²) in [6.45, 7) is 2.96. The molecule has 0 saturated heterocycles. The lowest BCUT2D eigenvalue weighted by Gasteiger charge is -2.39. The predicted molar refractivity (Wildman–Crippen MR) is 97.1 cm³/mol. The van der Waals surface area contributed by atoms with Gasteiger partial charge in [0.1, 0.15) is 18.0 Å². The van der Waals surface area contributed by atoms with Gasteiger partial charge in [-0.05, 0) is 50.9 Å². The van der Waals surface area contributed by atoms with Gasteiger partial charge in [0, 0.05) is 12.6 Å². The fourth-order valence-corrected chi connectivity index (χ4v) is 3.62. The second-order valence-corrected chi connectivity index (χ2v) is 6.86. The Hall–Kier alpha value is -1.84. The van der Waals surface area contributed by atoms with Gasteiger partial charge in [-0.25, -0.2) is 0 Å². The van der Waals surface area contributed by atoms with Crippen molar-refractivity contribution in [1.82, 2.24) is 4.90 Å². The predicted octanol–water partition coefficient (Wildman–Crippen LogP) is 3.79. The largest absolute Gasteiger partial charge is 0.488 e. The van der Waals surface area contributed by atoms with Crippen molar-refractivity contribution in [3.63, 3.8) is 0 Å². The average molecular weight is 325 g/mol. The summed E-state index contributed by atoms with van der Waals surface area (Å²) in [5.74, 6) is 0.837. The van der Waals surface area contributed by atoms with Gasteiger partial charge in [-0.1, -0.05) is 48.0 Å². The van der Waals surface area contributed by atoms with Crippen molar-refractivity contribution in [3.05, 3.63) is 65.7 Å². The van der Waals surface area contributed by atoms with E-state index >= 15 is 0 Å². The van der Waals surface area contributed by atoms with Crippen LogP contribution in [0.15, 0.2) is 54.6 Å². The molecule has 0 radical (unpaired) electrons. The molecule has 0 aliphatic heterocycles. The number of para-hydroxylation sites is 1. The van der Waals surface area contributed by atoms with E-state index in [0.717, 1.165) is 31.6 Å². The molecule has 1 aliphatic carbocycles. The minimum atomic E-state index is -0.464. The maximum atomic E-state index is 10.8. The topological polar surface area (TPSA) is 32.7 Å².